The molecule has 0 amide bonds. The molecule has 1 aromatic rings. The molecule has 0 heterocycles. The molecule has 0 aliphatic rings. The summed E-state index contributed by atoms with van der Waals surface area (Å²) in [5.74, 6) is 0. The first-order chi connectivity index (χ1) is 5.84. The zero-order chi connectivity index (χ0) is 8.81. The van der Waals surface area contributed by atoms with Gasteiger partial charge in [0.05, 0.1) is 6.67 Å². The second kappa shape index (κ2) is 4.26. The molecule has 4 heteroatoms. The number of nitrogens with one attached hydrogen (secondary N) is 1. The molecule has 4 nitrogen and oxygen atoms in total. The van der Waals surface area contributed by atoms with Crippen LogP contribution < -0.4 is 5.32 Å². The molecule has 0 aliphatic carbocycles. The molecule has 0 atom stereocenters. The molecule has 0 saturated carbocycles. The lowest BCUT2D eigenvalue weighted by atomic mass is 10.2. The third-order valence-electron chi connectivity index (χ3n) is 1.55. The number of aryl methyl sites for hydroxylation is 1. The van der Waals surface area contributed by atoms with Crippen molar-refractivity contribution in [1.29, 1.82) is 0 Å². The number of azide groups is 1. The van der Waals surface area contributed by atoms with E-state index in [9.17, 15) is 0 Å². The van der Waals surface area contributed by atoms with E-state index in [0.717, 1.165) is 11.3 Å². The Morgan fingerprint density at radius 1 is 1.50 bits per heavy atom. The summed E-state index contributed by atoms with van der Waals surface area (Å²) in [6, 6.07) is 7.85. The normalized spacial score (nSPS) is 8.75. The highest BCUT2D eigenvalue weighted by Gasteiger charge is 1.92. The van der Waals surface area contributed by atoms with Gasteiger partial charge >= 0.3 is 0 Å². The number of hydrogen-bond acceptors (Lipinski definition) is 2. The van der Waals surface area contributed by atoms with Crippen LogP contribution in [0.25, 0.3) is 10.4 Å². The van der Waals surface area contributed by atoms with E-state index in [1.807, 2.05) is 31.2 Å². The molecule has 0 bridgehead atoms. The van der Waals surface area contributed by atoms with E-state index in [0.29, 0.717) is 6.67 Å². The molecule has 0 unspecified atom stereocenters. The Labute approximate surface area is 70.8 Å². The van der Waals surface area contributed by atoms with Crippen LogP contribution >= 0.6 is 0 Å². The largest absolute Gasteiger partial charge is 0.379 e. The van der Waals surface area contributed by atoms with Crippen molar-refractivity contribution < 1.29 is 0 Å². The van der Waals surface area contributed by atoms with Crippen molar-refractivity contribution in [2.24, 2.45) is 5.11 Å². The Morgan fingerprint density at radius 2 is 2.25 bits per heavy atom. The van der Waals surface area contributed by atoms with Crippen molar-refractivity contribution in [2.45, 2.75) is 6.92 Å². The molecule has 0 radical (unpaired) electrons. The molecular formula is C8H10N4. The van der Waals surface area contributed by atoms with Gasteiger partial charge in [-0.1, -0.05) is 23.3 Å². The lowest BCUT2D eigenvalue weighted by Crippen LogP contribution is -1.98. The SMILES string of the molecule is Cc1ccccc1NCN=[N+]=[N-]. The second-order valence-electron chi connectivity index (χ2n) is 2.38. The van der Waals surface area contributed by atoms with Crippen molar-refractivity contribution in [1.82, 2.24) is 0 Å². The molecule has 0 aliphatic heterocycles. The second-order valence-corrected chi connectivity index (χ2v) is 2.38. The number of benzene rings is 1. The van der Waals surface area contributed by atoms with E-state index in [1.54, 1.807) is 0 Å². The molecule has 1 N–H and O–H groups in total. The first-order valence-corrected chi connectivity index (χ1v) is 3.65. The van der Waals surface area contributed by atoms with Crippen LogP contribution in [-0.2, 0) is 0 Å². The predicted molar refractivity (Wildman–Crippen MR) is 48.8 cm³/mol. The Morgan fingerprint density at radius 3 is 2.92 bits per heavy atom. The molecule has 0 aromatic heterocycles. The van der Waals surface area contributed by atoms with Gasteiger partial charge in [-0.25, -0.2) is 0 Å². The van der Waals surface area contributed by atoms with Crippen LogP contribution in [0, 0.1) is 6.92 Å². The van der Waals surface area contributed by atoms with Crippen LogP contribution in [0.5, 0.6) is 0 Å². The summed E-state index contributed by atoms with van der Waals surface area (Å²) in [5.41, 5.74) is 10.2. The number of nitrogens with zero attached hydrogens (tertiary/aromatic N) is 3. The smallest absolute Gasteiger partial charge is 0.0937 e. The minimum absolute atomic E-state index is 0.293. The Hall–Kier alpha value is -1.67. The van der Waals surface area contributed by atoms with Crippen LogP contribution in [0.3, 0.4) is 0 Å². The zero-order valence-corrected chi connectivity index (χ0v) is 6.86. The summed E-state index contributed by atoms with van der Waals surface area (Å²) in [4.78, 5) is 2.64. The summed E-state index contributed by atoms with van der Waals surface area (Å²) in [7, 11) is 0. The van der Waals surface area contributed by atoms with Gasteiger partial charge in [-0.05, 0) is 24.1 Å². The third-order valence-corrected chi connectivity index (χ3v) is 1.55. The summed E-state index contributed by atoms with van der Waals surface area (Å²) in [5, 5.41) is 6.37. The first-order valence-electron chi connectivity index (χ1n) is 3.65. The molecular weight excluding hydrogens is 152 g/mol. The minimum atomic E-state index is 0.293. The summed E-state index contributed by atoms with van der Waals surface area (Å²) in [6.07, 6.45) is 0. The van der Waals surface area contributed by atoms with Crippen LogP contribution in [-0.4, -0.2) is 6.67 Å². The molecule has 62 valence electrons. The third kappa shape index (κ3) is 2.18. The number of rotatable bonds is 3. The van der Waals surface area contributed by atoms with E-state index in [1.165, 1.54) is 0 Å². The van der Waals surface area contributed by atoms with Gasteiger partial charge in [0.25, 0.3) is 0 Å². The summed E-state index contributed by atoms with van der Waals surface area (Å²) < 4.78 is 0. The van der Waals surface area contributed by atoms with Gasteiger partial charge < -0.3 is 5.32 Å². The molecule has 0 spiro atoms. The fourth-order valence-electron chi connectivity index (χ4n) is 0.923. The first kappa shape index (κ1) is 8.43. The maximum Gasteiger partial charge on any atom is 0.0937 e. The van der Waals surface area contributed by atoms with E-state index in [-0.39, 0.29) is 0 Å². The Kier molecular flexibility index (Phi) is 2.99. The van der Waals surface area contributed by atoms with E-state index in [4.69, 9.17) is 5.53 Å². The average Bonchev–Trinajstić information content (AvgIpc) is 2.09. The van der Waals surface area contributed by atoms with Crippen LogP contribution in [0.4, 0.5) is 5.69 Å². The van der Waals surface area contributed by atoms with E-state index >= 15 is 0 Å². The maximum absolute atomic E-state index is 8.03. The van der Waals surface area contributed by atoms with Crippen molar-refractivity contribution in [3.63, 3.8) is 0 Å². The van der Waals surface area contributed by atoms with Gasteiger partial charge in [-0.15, -0.1) is 0 Å². The van der Waals surface area contributed by atoms with Gasteiger partial charge in [-0.3, -0.25) is 0 Å². The fraction of sp³-hybridized carbons (Fsp3) is 0.250. The molecule has 12 heavy (non-hydrogen) atoms. The fourth-order valence-corrected chi connectivity index (χ4v) is 0.923. The summed E-state index contributed by atoms with van der Waals surface area (Å²) in [6.45, 7) is 2.29. The minimum Gasteiger partial charge on any atom is -0.379 e. The molecule has 1 aromatic carbocycles. The van der Waals surface area contributed by atoms with Crippen LogP contribution in [0.15, 0.2) is 29.4 Å². The van der Waals surface area contributed by atoms with Gasteiger partial charge in [0.2, 0.25) is 0 Å². The van der Waals surface area contributed by atoms with E-state index < -0.39 is 0 Å². The van der Waals surface area contributed by atoms with Gasteiger partial charge in [0, 0.05) is 10.6 Å². The quantitative estimate of drug-likeness (QED) is 0.414. The van der Waals surface area contributed by atoms with Gasteiger partial charge in [0.1, 0.15) is 0 Å². The van der Waals surface area contributed by atoms with Crippen LogP contribution in [0.1, 0.15) is 5.56 Å². The van der Waals surface area contributed by atoms with Crippen molar-refractivity contribution in [2.75, 3.05) is 12.0 Å². The average molecular weight is 162 g/mol. The molecule has 0 fully saturated rings. The number of anilines is 1. The zero-order valence-electron chi connectivity index (χ0n) is 6.86. The molecule has 0 saturated heterocycles. The van der Waals surface area contributed by atoms with Gasteiger partial charge in [-0.2, -0.15) is 0 Å². The lowest BCUT2D eigenvalue weighted by molar-refractivity contribution is 1.11. The number of para-hydroxylation sites is 1. The maximum atomic E-state index is 8.03. The van der Waals surface area contributed by atoms with Gasteiger partial charge in [0.15, 0.2) is 0 Å². The topological polar surface area (TPSA) is 60.8 Å². The highest BCUT2D eigenvalue weighted by molar-refractivity contribution is 5.49. The monoisotopic (exact) mass is 162 g/mol. The summed E-state index contributed by atoms with van der Waals surface area (Å²) >= 11 is 0. The van der Waals surface area contributed by atoms with E-state index in [2.05, 4.69) is 15.3 Å². The highest BCUT2D eigenvalue weighted by atomic mass is 15.2. The van der Waals surface area contributed by atoms with Crippen molar-refractivity contribution in [3.8, 4) is 0 Å². The lowest BCUT2D eigenvalue weighted by Gasteiger charge is -2.04. The Balaban J connectivity index is 2.62. The van der Waals surface area contributed by atoms with Crippen molar-refractivity contribution in [3.05, 3.63) is 40.3 Å². The number of hydrogen-bond donors (Lipinski definition) is 1. The standard InChI is InChI=1S/C8H10N4/c1-7-4-2-3-5-8(7)10-6-11-12-9/h2-5,10H,6H2,1H3. The highest BCUT2D eigenvalue weighted by Crippen LogP contribution is 2.12. The van der Waals surface area contributed by atoms with Crippen LogP contribution in [0.2, 0.25) is 0 Å². The Bertz CT molecular complexity index is 302. The molecule has 1 rings (SSSR count). The van der Waals surface area contributed by atoms with Crippen molar-refractivity contribution >= 4 is 5.69 Å². The predicted octanol–water partition coefficient (Wildman–Crippen LogP) is 2.67.